The van der Waals surface area contributed by atoms with E-state index in [-0.39, 0.29) is 16.9 Å². The lowest BCUT2D eigenvalue weighted by Crippen LogP contribution is -2.50. The van der Waals surface area contributed by atoms with Crippen molar-refractivity contribution in [3.63, 3.8) is 0 Å². The zero-order valence-electron chi connectivity index (χ0n) is 11.6. The third-order valence-electron chi connectivity index (χ3n) is 4.06. The molecular formula is C14H15N3O4. The summed E-state index contributed by atoms with van der Waals surface area (Å²) in [6.45, 7) is 2.22. The van der Waals surface area contributed by atoms with E-state index in [9.17, 15) is 20.0 Å². The molecule has 1 saturated heterocycles. The summed E-state index contributed by atoms with van der Waals surface area (Å²) in [7, 11) is 0. The first-order valence-corrected chi connectivity index (χ1v) is 6.66. The van der Waals surface area contributed by atoms with E-state index in [1.54, 1.807) is 11.8 Å². The van der Waals surface area contributed by atoms with Crippen molar-refractivity contribution >= 4 is 17.3 Å². The summed E-state index contributed by atoms with van der Waals surface area (Å²) in [5.41, 5.74) is -0.892. The number of nitro groups is 1. The zero-order chi connectivity index (χ0) is 15.6. The average Bonchev–Trinajstić information content (AvgIpc) is 2.91. The van der Waals surface area contributed by atoms with Crippen LogP contribution < -0.4 is 4.90 Å². The third-order valence-corrected chi connectivity index (χ3v) is 4.06. The summed E-state index contributed by atoms with van der Waals surface area (Å²) < 4.78 is 0. The molecule has 0 saturated carbocycles. The number of carboxylic acid groups (broad SMARTS) is 1. The molecule has 0 bridgehead atoms. The summed E-state index contributed by atoms with van der Waals surface area (Å²) in [6.07, 6.45) is 1.48. The SMILES string of the molecule is CCC1(C(=O)O)CCCN1c1ccc(C#N)cc1[N+](=O)[O-]. The number of rotatable bonds is 4. The Balaban J connectivity index is 2.58. The van der Waals surface area contributed by atoms with E-state index in [2.05, 4.69) is 0 Å². The zero-order valence-corrected chi connectivity index (χ0v) is 11.6. The number of anilines is 1. The molecule has 1 heterocycles. The van der Waals surface area contributed by atoms with Crippen molar-refractivity contribution in [2.75, 3.05) is 11.4 Å². The quantitative estimate of drug-likeness (QED) is 0.673. The monoisotopic (exact) mass is 289 g/mol. The highest BCUT2D eigenvalue weighted by Gasteiger charge is 2.47. The fraction of sp³-hybridized carbons (Fsp3) is 0.429. The molecule has 0 aliphatic carbocycles. The summed E-state index contributed by atoms with van der Waals surface area (Å²) in [5.74, 6) is -0.971. The van der Waals surface area contributed by atoms with Gasteiger partial charge in [-0.15, -0.1) is 0 Å². The Morgan fingerprint density at radius 1 is 1.62 bits per heavy atom. The normalized spacial score (nSPS) is 21.0. The Kier molecular flexibility index (Phi) is 3.80. The smallest absolute Gasteiger partial charge is 0.329 e. The van der Waals surface area contributed by atoms with Crippen LogP contribution >= 0.6 is 0 Å². The summed E-state index contributed by atoms with van der Waals surface area (Å²) >= 11 is 0. The van der Waals surface area contributed by atoms with Gasteiger partial charge in [0.2, 0.25) is 0 Å². The van der Waals surface area contributed by atoms with Crippen molar-refractivity contribution < 1.29 is 14.8 Å². The van der Waals surface area contributed by atoms with Crippen LogP contribution in [0.2, 0.25) is 0 Å². The number of aliphatic carboxylic acids is 1. The maximum Gasteiger partial charge on any atom is 0.329 e. The molecule has 1 atom stereocenters. The van der Waals surface area contributed by atoms with Crippen molar-refractivity contribution in [1.29, 1.82) is 5.26 Å². The van der Waals surface area contributed by atoms with Crippen molar-refractivity contribution in [2.45, 2.75) is 31.7 Å². The molecule has 1 aromatic rings. The van der Waals surface area contributed by atoms with Gasteiger partial charge in [0.1, 0.15) is 11.2 Å². The molecule has 7 heteroatoms. The van der Waals surface area contributed by atoms with Gasteiger partial charge in [0.05, 0.1) is 16.6 Å². The molecule has 0 spiro atoms. The van der Waals surface area contributed by atoms with E-state index < -0.39 is 16.4 Å². The van der Waals surface area contributed by atoms with Gasteiger partial charge in [0, 0.05) is 12.6 Å². The number of carboxylic acids is 1. The first-order chi connectivity index (χ1) is 9.96. The Morgan fingerprint density at radius 2 is 2.33 bits per heavy atom. The molecule has 0 radical (unpaired) electrons. The highest BCUT2D eigenvalue weighted by atomic mass is 16.6. The minimum absolute atomic E-state index is 0.182. The van der Waals surface area contributed by atoms with Gasteiger partial charge < -0.3 is 10.0 Å². The second-order valence-corrected chi connectivity index (χ2v) is 5.02. The lowest BCUT2D eigenvalue weighted by Gasteiger charge is -2.35. The lowest BCUT2D eigenvalue weighted by molar-refractivity contribution is -0.384. The van der Waals surface area contributed by atoms with Crippen molar-refractivity contribution in [2.24, 2.45) is 0 Å². The molecule has 21 heavy (non-hydrogen) atoms. The standard InChI is InChI=1S/C14H15N3O4/c1-2-14(13(18)19)6-3-7-16(14)11-5-4-10(9-15)8-12(11)17(20)21/h4-5,8H,2-3,6-7H2,1H3,(H,18,19). The number of nitriles is 1. The van der Waals surface area contributed by atoms with Gasteiger partial charge in [-0.2, -0.15) is 5.26 Å². The second kappa shape index (κ2) is 5.40. The Bertz CT molecular complexity index is 638. The molecule has 1 aliphatic heterocycles. The number of benzene rings is 1. The number of hydrogen-bond donors (Lipinski definition) is 1. The maximum absolute atomic E-state index is 11.7. The molecule has 1 unspecified atom stereocenters. The topological polar surface area (TPSA) is 107 Å². The number of nitrogens with zero attached hydrogens (tertiary/aromatic N) is 3. The molecule has 1 fully saturated rings. The van der Waals surface area contributed by atoms with Gasteiger partial charge in [-0.1, -0.05) is 6.92 Å². The van der Waals surface area contributed by atoms with Gasteiger partial charge in [-0.05, 0) is 31.4 Å². The molecule has 0 aromatic heterocycles. The van der Waals surface area contributed by atoms with E-state index >= 15 is 0 Å². The Morgan fingerprint density at radius 3 is 2.86 bits per heavy atom. The van der Waals surface area contributed by atoms with Crippen LogP contribution in [0.5, 0.6) is 0 Å². The number of hydrogen-bond acceptors (Lipinski definition) is 5. The predicted molar refractivity (Wildman–Crippen MR) is 75.0 cm³/mol. The van der Waals surface area contributed by atoms with Crippen LogP contribution in [0, 0.1) is 21.4 Å². The van der Waals surface area contributed by atoms with Crippen LogP contribution in [-0.2, 0) is 4.79 Å². The van der Waals surface area contributed by atoms with E-state index in [0.717, 1.165) is 0 Å². The summed E-state index contributed by atoms with van der Waals surface area (Å²) in [6, 6.07) is 5.99. The molecule has 0 amide bonds. The van der Waals surface area contributed by atoms with Crippen LogP contribution in [0.25, 0.3) is 0 Å². The van der Waals surface area contributed by atoms with Crippen molar-refractivity contribution in [3.8, 4) is 6.07 Å². The Hall–Kier alpha value is -2.62. The molecule has 2 rings (SSSR count). The van der Waals surface area contributed by atoms with E-state index in [4.69, 9.17) is 5.26 Å². The molecule has 1 aliphatic rings. The number of carbonyl (C=O) groups is 1. The highest BCUT2D eigenvalue weighted by Crippen LogP contribution is 2.41. The molecule has 7 nitrogen and oxygen atoms in total. The van der Waals surface area contributed by atoms with Crippen LogP contribution in [0.15, 0.2) is 18.2 Å². The van der Waals surface area contributed by atoms with Crippen LogP contribution in [-0.4, -0.2) is 28.1 Å². The Labute approximate surface area is 121 Å². The second-order valence-electron chi connectivity index (χ2n) is 5.02. The fourth-order valence-electron chi connectivity index (χ4n) is 2.94. The molecule has 110 valence electrons. The number of nitro benzene ring substituents is 1. The van der Waals surface area contributed by atoms with Crippen molar-refractivity contribution in [3.05, 3.63) is 33.9 Å². The minimum Gasteiger partial charge on any atom is -0.479 e. The van der Waals surface area contributed by atoms with Gasteiger partial charge in [-0.3, -0.25) is 10.1 Å². The predicted octanol–water partition coefficient (Wildman–Crippen LogP) is 2.30. The van der Waals surface area contributed by atoms with Crippen LogP contribution in [0.3, 0.4) is 0 Å². The van der Waals surface area contributed by atoms with Crippen molar-refractivity contribution in [1.82, 2.24) is 0 Å². The van der Waals surface area contributed by atoms with E-state index in [1.165, 1.54) is 18.2 Å². The maximum atomic E-state index is 11.7. The van der Waals surface area contributed by atoms with Gasteiger partial charge in [0.25, 0.3) is 5.69 Å². The first-order valence-electron chi connectivity index (χ1n) is 6.66. The molecule has 1 aromatic carbocycles. The largest absolute Gasteiger partial charge is 0.479 e. The first kappa shape index (κ1) is 14.8. The van der Waals surface area contributed by atoms with Crippen LogP contribution in [0.4, 0.5) is 11.4 Å². The van der Waals surface area contributed by atoms with E-state index in [1.807, 2.05) is 6.07 Å². The van der Waals surface area contributed by atoms with Gasteiger partial charge >= 0.3 is 5.97 Å². The molecule has 1 N–H and O–H groups in total. The fourth-order valence-corrected chi connectivity index (χ4v) is 2.94. The third kappa shape index (κ3) is 2.29. The summed E-state index contributed by atoms with van der Waals surface area (Å²) in [5, 5.41) is 29.7. The molecular weight excluding hydrogens is 274 g/mol. The highest BCUT2D eigenvalue weighted by molar-refractivity contribution is 5.86. The van der Waals surface area contributed by atoms with Gasteiger partial charge in [0.15, 0.2) is 0 Å². The summed E-state index contributed by atoms with van der Waals surface area (Å²) in [4.78, 5) is 23.9. The van der Waals surface area contributed by atoms with Crippen LogP contribution in [0.1, 0.15) is 31.7 Å². The van der Waals surface area contributed by atoms with E-state index in [0.29, 0.717) is 25.8 Å². The van der Waals surface area contributed by atoms with Gasteiger partial charge in [-0.25, -0.2) is 4.79 Å². The average molecular weight is 289 g/mol. The minimum atomic E-state index is -1.11. The lowest BCUT2D eigenvalue weighted by atomic mass is 9.92.